The van der Waals surface area contributed by atoms with Crippen LogP contribution in [0.15, 0.2) is 12.1 Å². The molecule has 0 aliphatic carbocycles. The van der Waals surface area contributed by atoms with Crippen LogP contribution in [-0.2, 0) is 9.53 Å². The lowest BCUT2D eigenvalue weighted by Gasteiger charge is -2.18. The maximum absolute atomic E-state index is 12.4. The molecule has 0 radical (unpaired) electrons. The van der Waals surface area contributed by atoms with E-state index in [9.17, 15) is 4.79 Å². The molecule has 0 spiro atoms. The van der Waals surface area contributed by atoms with E-state index in [0.717, 1.165) is 6.54 Å². The summed E-state index contributed by atoms with van der Waals surface area (Å²) in [5.41, 5.74) is 0.521. The molecule has 6 nitrogen and oxygen atoms in total. The molecule has 3 rings (SSSR count). The second-order valence-corrected chi connectivity index (χ2v) is 5.39. The van der Waals surface area contributed by atoms with Crippen molar-refractivity contribution in [2.45, 2.75) is 13.0 Å². The number of likely N-dealkylation sites (N-methyl/N-ethyl adjacent to an activating group) is 1. The third-order valence-electron chi connectivity index (χ3n) is 3.60. The number of amides is 1. The van der Waals surface area contributed by atoms with Gasteiger partial charge in [0.05, 0.1) is 29.8 Å². The predicted molar refractivity (Wildman–Crippen MR) is 78.0 cm³/mol. The molecule has 114 valence electrons. The molecule has 1 aromatic rings. The SMILES string of the molecule is CCNC1COCC1C(=O)Nc1cc2c(cc1Cl)OCO2. The lowest BCUT2D eigenvalue weighted by molar-refractivity contribution is -0.120. The number of halogens is 1. The van der Waals surface area contributed by atoms with Gasteiger partial charge in [0.15, 0.2) is 11.5 Å². The number of carbonyl (C=O) groups is 1. The van der Waals surface area contributed by atoms with E-state index in [1.165, 1.54) is 0 Å². The van der Waals surface area contributed by atoms with E-state index in [-0.39, 0.29) is 24.7 Å². The van der Waals surface area contributed by atoms with Crippen molar-refractivity contribution in [3.8, 4) is 11.5 Å². The van der Waals surface area contributed by atoms with Gasteiger partial charge in [-0.1, -0.05) is 18.5 Å². The molecule has 2 aliphatic rings. The van der Waals surface area contributed by atoms with Crippen molar-refractivity contribution >= 4 is 23.2 Å². The van der Waals surface area contributed by atoms with Crippen LogP contribution in [0.1, 0.15) is 6.92 Å². The topological polar surface area (TPSA) is 68.8 Å². The maximum Gasteiger partial charge on any atom is 0.231 e. The van der Waals surface area contributed by atoms with Crippen molar-refractivity contribution in [2.75, 3.05) is 31.9 Å². The number of hydrogen-bond donors (Lipinski definition) is 2. The molecule has 1 saturated heterocycles. The molecule has 7 heteroatoms. The summed E-state index contributed by atoms with van der Waals surface area (Å²) < 4.78 is 15.9. The van der Waals surface area contributed by atoms with Crippen molar-refractivity contribution in [1.29, 1.82) is 0 Å². The van der Waals surface area contributed by atoms with Crippen LogP contribution in [0.5, 0.6) is 11.5 Å². The third kappa shape index (κ3) is 2.92. The lowest BCUT2D eigenvalue weighted by atomic mass is 10.0. The van der Waals surface area contributed by atoms with Gasteiger partial charge in [-0.25, -0.2) is 0 Å². The zero-order valence-electron chi connectivity index (χ0n) is 11.6. The lowest BCUT2D eigenvalue weighted by Crippen LogP contribution is -2.41. The Morgan fingerprint density at radius 2 is 2.10 bits per heavy atom. The third-order valence-corrected chi connectivity index (χ3v) is 3.92. The number of hydrogen-bond acceptors (Lipinski definition) is 5. The molecule has 1 fully saturated rings. The van der Waals surface area contributed by atoms with Gasteiger partial charge in [-0.2, -0.15) is 0 Å². The highest BCUT2D eigenvalue weighted by Gasteiger charge is 2.34. The molecule has 2 unspecified atom stereocenters. The zero-order valence-corrected chi connectivity index (χ0v) is 12.4. The van der Waals surface area contributed by atoms with E-state index >= 15 is 0 Å². The second kappa shape index (κ2) is 6.09. The molecular weight excluding hydrogens is 296 g/mol. The Hall–Kier alpha value is -1.50. The van der Waals surface area contributed by atoms with Gasteiger partial charge in [-0.05, 0) is 6.54 Å². The first kappa shape index (κ1) is 14.4. The summed E-state index contributed by atoms with van der Waals surface area (Å²) in [6.45, 7) is 3.92. The molecule has 0 aromatic heterocycles. The van der Waals surface area contributed by atoms with E-state index in [0.29, 0.717) is 35.4 Å². The first-order valence-electron chi connectivity index (χ1n) is 6.90. The van der Waals surface area contributed by atoms with Gasteiger partial charge in [0.1, 0.15) is 0 Å². The number of carbonyl (C=O) groups excluding carboxylic acids is 1. The number of anilines is 1. The second-order valence-electron chi connectivity index (χ2n) is 4.98. The average Bonchev–Trinajstić information content (AvgIpc) is 3.08. The van der Waals surface area contributed by atoms with E-state index in [2.05, 4.69) is 10.6 Å². The minimum absolute atomic E-state index is 0.0304. The Balaban J connectivity index is 1.73. The smallest absolute Gasteiger partial charge is 0.231 e. The number of ether oxygens (including phenoxy) is 3. The molecule has 21 heavy (non-hydrogen) atoms. The Bertz CT molecular complexity index is 552. The van der Waals surface area contributed by atoms with Crippen LogP contribution in [0.3, 0.4) is 0 Å². The molecule has 1 aromatic carbocycles. The standard InChI is InChI=1S/C14H17ClN2O4/c1-2-16-11-6-19-5-8(11)14(18)17-10-4-13-12(3-9(10)15)20-7-21-13/h3-4,8,11,16H,2,5-7H2,1H3,(H,17,18). The molecule has 0 saturated carbocycles. The monoisotopic (exact) mass is 312 g/mol. The molecule has 0 bridgehead atoms. The van der Waals surface area contributed by atoms with E-state index in [4.69, 9.17) is 25.8 Å². The first-order valence-corrected chi connectivity index (χ1v) is 7.28. The van der Waals surface area contributed by atoms with E-state index in [1.807, 2.05) is 6.92 Å². The van der Waals surface area contributed by atoms with Gasteiger partial charge in [0.2, 0.25) is 12.7 Å². The summed E-state index contributed by atoms with van der Waals surface area (Å²) in [5.74, 6) is 0.832. The fourth-order valence-corrected chi connectivity index (χ4v) is 2.72. The Kier molecular flexibility index (Phi) is 4.19. The Morgan fingerprint density at radius 1 is 1.33 bits per heavy atom. The minimum Gasteiger partial charge on any atom is -0.454 e. The van der Waals surface area contributed by atoms with Crippen LogP contribution in [0.25, 0.3) is 0 Å². The summed E-state index contributed by atoms with van der Waals surface area (Å²) in [4.78, 5) is 12.4. The number of benzene rings is 1. The van der Waals surface area contributed by atoms with Crippen molar-refractivity contribution in [1.82, 2.24) is 5.32 Å². The Labute approximate surface area is 127 Å². The fraction of sp³-hybridized carbons (Fsp3) is 0.500. The van der Waals surface area contributed by atoms with Crippen molar-refractivity contribution < 1.29 is 19.0 Å². The van der Waals surface area contributed by atoms with Crippen molar-refractivity contribution in [3.63, 3.8) is 0 Å². The van der Waals surface area contributed by atoms with Crippen LogP contribution in [0, 0.1) is 5.92 Å². The largest absolute Gasteiger partial charge is 0.454 e. The number of fused-ring (bicyclic) bond motifs is 1. The van der Waals surface area contributed by atoms with Gasteiger partial charge >= 0.3 is 0 Å². The van der Waals surface area contributed by atoms with Crippen molar-refractivity contribution in [2.24, 2.45) is 5.92 Å². The highest BCUT2D eigenvalue weighted by atomic mass is 35.5. The molecule has 1 amide bonds. The summed E-state index contributed by atoms with van der Waals surface area (Å²) in [6, 6.07) is 3.36. The predicted octanol–water partition coefficient (Wildman–Crippen LogP) is 1.63. The molecule has 2 N–H and O–H groups in total. The van der Waals surface area contributed by atoms with Crippen LogP contribution >= 0.6 is 11.6 Å². The maximum atomic E-state index is 12.4. The summed E-state index contributed by atoms with van der Waals surface area (Å²) >= 11 is 6.16. The zero-order chi connectivity index (χ0) is 14.8. The van der Waals surface area contributed by atoms with Gasteiger partial charge in [-0.3, -0.25) is 4.79 Å². The Morgan fingerprint density at radius 3 is 2.86 bits per heavy atom. The van der Waals surface area contributed by atoms with Gasteiger partial charge in [-0.15, -0.1) is 0 Å². The number of rotatable bonds is 4. The average molecular weight is 313 g/mol. The molecule has 2 atom stereocenters. The van der Waals surface area contributed by atoms with Gasteiger partial charge < -0.3 is 24.8 Å². The highest BCUT2D eigenvalue weighted by molar-refractivity contribution is 6.34. The summed E-state index contributed by atoms with van der Waals surface area (Å²) in [5, 5.41) is 6.52. The minimum atomic E-state index is -0.230. The van der Waals surface area contributed by atoms with Crippen LogP contribution in [0.2, 0.25) is 5.02 Å². The van der Waals surface area contributed by atoms with Crippen molar-refractivity contribution in [3.05, 3.63) is 17.2 Å². The molecule has 2 aliphatic heterocycles. The normalized spacial score (nSPS) is 23.3. The fourth-order valence-electron chi connectivity index (χ4n) is 2.51. The molecular formula is C14H17ClN2O4. The summed E-state index contributed by atoms with van der Waals surface area (Å²) in [7, 11) is 0. The first-order chi connectivity index (χ1) is 10.2. The molecule has 2 heterocycles. The van der Waals surface area contributed by atoms with E-state index in [1.54, 1.807) is 12.1 Å². The highest BCUT2D eigenvalue weighted by Crippen LogP contribution is 2.39. The summed E-state index contributed by atoms with van der Waals surface area (Å²) in [6.07, 6.45) is 0. The van der Waals surface area contributed by atoms with Gasteiger partial charge in [0.25, 0.3) is 0 Å². The van der Waals surface area contributed by atoms with Crippen LogP contribution in [0.4, 0.5) is 5.69 Å². The number of nitrogens with one attached hydrogen (secondary N) is 2. The van der Waals surface area contributed by atoms with Crippen LogP contribution < -0.4 is 20.1 Å². The van der Waals surface area contributed by atoms with Crippen LogP contribution in [-0.4, -0.2) is 38.5 Å². The van der Waals surface area contributed by atoms with Gasteiger partial charge in [0, 0.05) is 18.2 Å². The van der Waals surface area contributed by atoms with E-state index < -0.39 is 0 Å². The quantitative estimate of drug-likeness (QED) is 0.884.